The van der Waals surface area contributed by atoms with Crippen LogP contribution >= 0.6 is 50.7 Å². The maximum atomic E-state index is 15.4. The lowest BCUT2D eigenvalue weighted by Crippen LogP contribution is -2.51. The summed E-state index contributed by atoms with van der Waals surface area (Å²) in [7, 11) is 9.68. The van der Waals surface area contributed by atoms with Gasteiger partial charge < -0.3 is 5.11 Å². The summed E-state index contributed by atoms with van der Waals surface area (Å²) in [5, 5.41) is 15.1. The number of nitrogens with zero attached hydrogens (tertiary/aromatic N) is 3. The molecule has 0 aliphatic carbocycles. The average molecular weight is 530 g/mol. The fourth-order valence-corrected chi connectivity index (χ4v) is 6.48. The molecular weight excluding hydrogens is 504 g/mol. The zero-order valence-electron chi connectivity index (χ0n) is 18.4. The predicted octanol–water partition coefficient (Wildman–Crippen LogP) is 4.82. The van der Waals surface area contributed by atoms with Gasteiger partial charge in [0.15, 0.2) is 0 Å². The highest BCUT2D eigenvalue weighted by Gasteiger charge is 2.52. The second-order valence-corrected chi connectivity index (χ2v) is 13.7. The highest BCUT2D eigenvalue weighted by Crippen LogP contribution is 2.57. The molecule has 1 N–H and O–H groups in total. The molecule has 2 heterocycles. The van der Waals surface area contributed by atoms with Gasteiger partial charge in [0, 0.05) is 10.0 Å². The smallest absolute Gasteiger partial charge is 0.336 e. The van der Waals surface area contributed by atoms with Gasteiger partial charge in [0.2, 0.25) is 0 Å². The van der Waals surface area contributed by atoms with E-state index in [1.165, 1.54) is 18.3 Å². The molecule has 0 saturated carbocycles. The fourth-order valence-electron chi connectivity index (χ4n) is 3.85. The largest absolute Gasteiger partial charge is 0.478 e. The summed E-state index contributed by atoms with van der Waals surface area (Å²) < 4.78 is 17.0. The minimum Gasteiger partial charge on any atom is -0.478 e. The van der Waals surface area contributed by atoms with Crippen LogP contribution in [0.4, 0.5) is 4.39 Å². The van der Waals surface area contributed by atoms with Crippen molar-refractivity contribution in [2.75, 3.05) is 0 Å². The first kappa shape index (κ1) is 25.7. The molecule has 3 rings (SSSR count). The molecule has 6 atom stereocenters. The Morgan fingerprint density at radius 1 is 1.25 bits per heavy atom. The standard InChI is InChI=1S/C20H25BClFN3O2P3S/c1-9-5-11(20(31,18(3,21)29)19(4,23)30)6-13(22)16(9)26-8-14(24-25-26)15-7-12(17(27)28)10(2)32-15/h5-8H,21,29-31H2,1-4H3,(H,27,28). The highest BCUT2D eigenvalue weighted by atomic mass is 35.5. The van der Waals surface area contributed by atoms with E-state index in [9.17, 15) is 9.90 Å². The van der Waals surface area contributed by atoms with Gasteiger partial charge in [-0.2, -0.15) is 0 Å². The van der Waals surface area contributed by atoms with Crippen molar-refractivity contribution in [1.29, 1.82) is 0 Å². The SMILES string of the molecule is BC(C)(P)C(P)(c1cc(C)c(-n2cc(-c3cc(C(=O)O)c(C)s3)nn2)c(Cl)c1)C(C)(F)P. The van der Waals surface area contributed by atoms with Crippen molar-refractivity contribution in [1.82, 2.24) is 15.0 Å². The Morgan fingerprint density at radius 2 is 1.88 bits per heavy atom. The molecule has 32 heavy (non-hydrogen) atoms. The molecule has 2 aromatic heterocycles. The second kappa shape index (κ2) is 8.71. The maximum Gasteiger partial charge on any atom is 0.336 e. The Bertz CT molecular complexity index is 1170. The van der Waals surface area contributed by atoms with Crippen LogP contribution in [0.15, 0.2) is 24.4 Å². The lowest BCUT2D eigenvalue weighted by atomic mass is 9.70. The summed E-state index contributed by atoms with van der Waals surface area (Å²) in [5.74, 6) is -0.973. The van der Waals surface area contributed by atoms with Gasteiger partial charge in [-0.25, -0.2) is 13.9 Å². The summed E-state index contributed by atoms with van der Waals surface area (Å²) in [6, 6.07) is 5.28. The van der Waals surface area contributed by atoms with Crippen LogP contribution in [-0.2, 0) is 5.16 Å². The number of benzene rings is 1. The monoisotopic (exact) mass is 529 g/mol. The van der Waals surface area contributed by atoms with Crippen molar-refractivity contribution >= 4 is 64.5 Å². The zero-order valence-corrected chi connectivity index (χ0v) is 23.4. The molecule has 0 radical (unpaired) electrons. The second-order valence-electron chi connectivity index (χ2n) is 8.66. The third-order valence-electron chi connectivity index (χ3n) is 5.62. The van der Waals surface area contributed by atoms with E-state index in [2.05, 4.69) is 38.0 Å². The summed E-state index contributed by atoms with van der Waals surface area (Å²) >= 11 is 8.04. The van der Waals surface area contributed by atoms with Crippen LogP contribution in [0.2, 0.25) is 5.02 Å². The summed E-state index contributed by atoms with van der Waals surface area (Å²) in [4.78, 5) is 12.8. The van der Waals surface area contributed by atoms with Crippen molar-refractivity contribution in [3.05, 3.63) is 51.0 Å². The molecule has 6 unspecified atom stereocenters. The Balaban J connectivity index is 2.09. The molecule has 5 nitrogen and oxygen atoms in total. The van der Waals surface area contributed by atoms with E-state index in [0.29, 0.717) is 26.2 Å². The van der Waals surface area contributed by atoms with Crippen LogP contribution in [0.3, 0.4) is 0 Å². The van der Waals surface area contributed by atoms with Gasteiger partial charge in [-0.05, 0) is 49.1 Å². The Hall–Kier alpha value is -0.895. The summed E-state index contributed by atoms with van der Waals surface area (Å²) in [6.07, 6.45) is 1.72. The Labute approximate surface area is 203 Å². The van der Waals surface area contributed by atoms with Gasteiger partial charge in [0.05, 0.1) is 27.3 Å². The number of aromatic nitrogens is 3. The third kappa shape index (κ3) is 4.42. The minimum absolute atomic E-state index is 0.252. The van der Waals surface area contributed by atoms with E-state index in [4.69, 9.17) is 11.6 Å². The lowest BCUT2D eigenvalue weighted by molar-refractivity contribution is 0.0697. The van der Waals surface area contributed by atoms with Gasteiger partial charge in [-0.1, -0.05) is 39.0 Å². The number of rotatable bonds is 6. The Morgan fingerprint density at radius 3 is 2.34 bits per heavy atom. The zero-order chi connectivity index (χ0) is 24.2. The number of thiophene rings is 1. The first-order valence-electron chi connectivity index (χ1n) is 9.71. The molecule has 0 spiro atoms. The van der Waals surface area contributed by atoms with Crippen molar-refractivity contribution < 1.29 is 14.3 Å². The van der Waals surface area contributed by atoms with Crippen molar-refractivity contribution in [3.63, 3.8) is 0 Å². The molecule has 0 saturated heterocycles. The van der Waals surface area contributed by atoms with Gasteiger partial charge in [-0.3, -0.25) is 0 Å². The average Bonchev–Trinajstić information content (AvgIpc) is 3.25. The molecule has 0 bridgehead atoms. The number of hydrogen-bond acceptors (Lipinski definition) is 4. The molecule has 170 valence electrons. The molecule has 1 aromatic carbocycles. The van der Waals surface area contributed by atoms with E-state index < -0.39 is 21.6 Å². The van der Waals surface area contributed by atoms with Crippen LogP contribution in [-0.4, -0.2) is 44.4 Å². The van der Waals surface area contributed by atoms with E-state index >= 15 is 4.39 Å². The number of aromatic carboxylic acids is 1. The quantitative estimate of drug-likeness (QED) is 0.367. The van der Waals surface area contributed by atoms with Crippen LogP contribution in [0.25, 0.3) is 16.3 Å². The molecule has 0 aliphatic rings. The van der Waals surface area contributed by atoms with Gasteiger partial charge in [0.25, 0.3) is 0 Å². The van der Waals surface area contributed by atoms with Crippen LogP contribution < -0.4 is 0 Å². The molecule has 0 fully saturated rings. The number of alkyl halides is 1. The Kier molecular flexibility index (Phi) is 7.00. The fraction of sp³-hybridized carbons (Fsp3) is 0.350. The van der Waals surface area contributed by atoms with Gasteiger partial charge in [-0.15, -0.1) is 34.9 Å². The molecule has 0 aliphatic heterocycles. The number of carbonyl (C=O) groups is 1. The minimum atomic E-state index is -1.63. The number of carboxylic acid groups (broad SMARTS) is 1. The van der Waals surface area contributed by atoms with E-state index in [1.54, 1.807) is 29.9 Å². The van der Waals surface area contributed by atoms with Crippen molar-refractivity contribution in [2.45, 2.75) is 43.3 Å². The van der Waals surface area contributed by atoms with E-state index in [-0.39, 0.29) is 5.56 Å². The lowest BCUT2D eigenvalue weighted by Gasteiger charge is -2.49. The topological polar surface area (TPSA) is 68.0 Å². The molecule has 3 aromatic rings. The summed E-state index contributed by atoms with van der Waals surface area (Å²) in [6.45, 7) is 7.14. The maximum absolute atomic E-state index is 15.4. The predicted molar refractivity (Wildman–Crippen MR) is 143 cm³/mol. The molecule has 0 amide bonds. The summed E-state index contributed by atoms with van der Waals surface area (Å²) in [5.41, 5.74) is 3.00. The van der Waals surface area contributed by atoms with E-state index in [1.807, 2.05) is 27.8 Å². The van der Waals surface area contributed by atoms with Gasteiger partial charge in [0.1, 0.15) is 19.0 Å². The first-order chi connectivity index (χ1) is 14.6. The third-order valence-corrected chi connectivity index (χ3v) is 10.2. The number of halogens is 2. The first-order valence-corrected chi connectivity index (χ1v) is 12.6. The molecular formula is C20H25BClFN3O2P3S. The van der Waals surface area contributed by atoms with Crippen molar-refractivity contribution in [2.24, 2.45) is 0 Å². The number of carboxylic acids is 1. The normalized spacial score (nSPS) is 17.4. The highest BCUT2D eigenvalue weighted by molar-refractivity contribution is 7.29. The molecule has 12 heteroatoms. The van der Waals surface area contributed by atoms with Crippen LogP contribution in [0.5, 0.6) is 0 Å². The number of aryl methyl sites for hydroxylation is 2. The van der Waals surface area contributed by atoms with Crippen LogP contribution in [0.1, 0.15) is 40.2 Å². The van der Waals surface area contributed by atoms with Gasteiger partial charge >= 0.3 is 5.97 Å². The number of hydrogen-bond donors (Lipinski definition) is 1. The van der Waals surface area contributed by atoms with Crippen molar-refractivity contribution in [3.8, 4) is 16.3 Å². The van der Waals surface area contributed by atoms with Crippen LogP contribution in [0, 0.1) is 13.8 Å². The van der Waals surface area contributed by atoms with E-state index in [0.717, 1.165) is 11.1 Å².